The van der Waals surface area contributed by atoms with E-state index in [2.05, 4.69) is 4.90 Å². The molecule has 0 N–H and O–H groups in total. The molecule has 0 aromatic rings. The minimum atomic E-state index is -0.126. The highest BCUT2D eigenvalue weighted by Gasteiger charge is 2.28. The Morgan fingerprint density at radius 1 is 1.39 bits per heavy atom. The molecule has 1 heterocycles. The summed E-state index contributed by atoms with van der Waals surface area (Å²) < 4.78 is 5.04. The van der Waals surface area contributed by atoms with Crippen molar-refractivity contribution >= 4 is 11.9 Å². The molecule has 0 saturated carbocycles. The Balaban J connectivity index is 2.44. The minimum Gasteiger partial charge on any atom is -0.466 e. The molecule has 0 aromatic carbocycles. The summed E-state index contributed by atoms with van der Waals surface area (Å²) in [5.74, 6) is -0.0843. The summed E-state index contributed by atoms with van der Waals surface area (Å²) >= 11 is 0. The number of rotatable bonds is 5. The SMILES string of the molecule is CCOC(=O)[C@H]1CCCN(CC(=O)N(C)CC)C1. The van der Waals surface area contributed by atoms with Gasteiger partial charge in [0.25, 0.3) is 0 Å². The standard InChI is InChI=1S/C13H24N2O3/c1-4-14(3)12(16)10-15-8-6-7-11(9-15)13(17)18-5-2/h11H,4-10H2,1-3H3/t11-/m0/s1. The van der Waals surface area contributed by atoms with E-state index in [1.54, 1.807) is 11.9 Å². The maximum atomic E-state index is 11.8. The number of piperidine rings is 1. The van der Waals surface area contributed by atoms with E-state index in [1.807, 2.05) is 13.8 Å². The fourth-order valence-electron chi connectivity index (χ4n) is 2.14. The number of likely N-dealkylation sites (N-methyl/N-ethyl adjacent to an activating group) is 1. The van der Waals surface area contributed by atoms with Gasteiger partial charge in [0, 0.05) is 20.1 Å². The molecule has 1 amide bonds. The fraction of sp³-hybridized carbons (Fsp3) is 0.846. The number of ether oxygens (including phenoxy) is 1. The molecule has 104 valence electrons. The molecule has 1 fully saturated rings. The van der Waals surface area contributed by atoms with Crippen molar-refractivity contribution in [2.75, 3.05) is 39.8 Å². The molecule has 1 aliphatic rings. The van der Waals surface area contributed by atoms with E-state index in [-0.39, 0.29) is 17.8 Å². The van der Waals surface area contributed by atoms with E-state index in [0.717, 1.165) is 19.4 Å². The van der Waals surface area contributed by atoms with E-state index in [0.29, 0.717) is 26.2 Å². The third-order valence-corrected chi connectivity index (χ3v) is 3.38. The predicted octanol–water partition coefficient (Wildman–Crippen LogP) is 0.740. The first kappa shape index (κ1) is 15.0. The fourth-order valence-corrected chi connectivity index (χ4v) is 2.14. The molecule has 1 rings (SSSR count). The van der Waals surface area contributed by atoms with Crippen molar-refractivity contribution in [1.82, 2.24) is 9.80 Å². The van der Waals surface area contributed by atoms with Gasteiger partial charge in [-0.25, -0.2) is 0 Å². The van der Waals surface area contributed by atoms with Crippen LogP contribution in [0.15, 0.2) is 0 Å². The molecule has 0 unspecified atom stereocenters. The number of carbonyl (C=O) groups is 2. The van der Waals surface area contributed by atoms with Gasteiger partial charge in [0.2, 0.25) is 5.91 Å². The van der Waals surface area contributed by atoms with Gasteiger partial charge in [0.15, 0.2) is 0 Å². The predicted molar refractivity (Wildman–Crippen MR) is 69.1 cm³/mol. The summed E-state index contributed by atoms with van der Waals surface area (Å²) in [6.07, 6.45) is 1.82. The summed E-state index contributed by atoms with van der Waals surface area (Å²) in [5.41, 5.74) is 0. The number of likely N-dealkylation sites (tertiary alicyclic amines) is 1. The Labute approximate surface area is 109 Å². The Morgan fingerprint density at radius 2 is 2.11 bits per heavy atom. The number of esters is 1. The monoisotopic (exact) mass is 256 g/mol. The lowest BCUT2D eigenvalue weighted by Gasteiger charge is -2.31. The normalized spacial score (nSPS) is 20.5. The van der Waals surface area contributed by atoms with E-state index in [9.17, 15) is 9.59 Å². The minimum absolute atomic E-state index is 0.0709. The van der Waals surface area contributed by atoms with Crippen LogP contribution in [0, 0.1) is 5.92 Å². The van der Waals surface area contributed by atoms with E-state index in [4.69, 9.17) is 4.74 Å². The van der Waals surface area contributed by atoms with Gasteiger partial charge in [-0.3, -0.25) is 14.5 Å². The van der Waals surface area contributed by atoms with Crippen LogP contribution in [-0.2, 0) is 14.3 Å². The van der Waals surface area contributed by atoms with Crippen molar-refractivity contribution in [2.45, 2.75) is 26.7 Å². The second-order valence-electron chi connectivity index (χ2n) is 4.73. The van der Waals surface area contributed by atoms with Gasteiger partial charge >= 0.3 is 5.97 Å². The van der Waals surface area contributed by atoms with Crippen LogP contribution in [-0.4, -0.2) is 61.5 Å². The van der Waals surface area contributed by atoms with Gasteiger partial charge in [-0.2, -0.15) is 0 Å². The van der Waals surface area contributed by atoms with Crippen LogP contribution < -0.4 is 0 Å². The summed E-state index contributed by atoms with van der Waals surface area (Å²) in [6.45, 7) is 6.84. The highest BCUT2D eigenvalue weighted by atomic mass is 16.5. The van der Waals surface area contributed by atoms with Crippen molar-refractivity contribution in [3.63, 3.8) is 0 Å². The third kappa shape index (κ3) is 4.29. The quantitative estimate of drug-likeness (QED) is 0.681. The largest absolute Gasteiger partial charge is 0.466 e. The Morgan fingerprint density at radius 3 is 2.72 bits per heavy atom. The number of hydrogen-bond donors (Lipinski definition) is 0. The Kier molecular flexibility index (Phi) is 6.12. The molecule has 0 radical (unpaired) electrons. The zero-order valence-corrected chi connectivity index (χ0v) is 11.6. The summed E-state index contributed by atoms with van der Waals surface area (Å²) in [7, 11) is 1.80. The average Bonchev–Trinajstić information content (AvgIpc) is 2.38. The van der Waals surface area contributed by atoms with Gasteiger partial charge < -0.3 is 9.64 Å². The third-order valence-electron chi connectivity index (χ3n) is 3.38. The molecule has 0 aliphatic carbocycles. The number of hydrogen-bond acceptors (Lipinski definition) is 4. The molecule has 1 aliphatic heterocycles. The van der Waals surface area contributed by atoms with Crippen LogP contribution in [0.3, 0.4) is 0 Å². The zero-order chi connectivity index (χ0) is 13.5. The van der Waals surface area contributed by atoms with Crippen LogP contribution in [0.25, 0.3) is 0 Å². The zero-order valence-electron chi connectivity index (χ0n) is 11.6. The second-order valence-corrected chi connectivity index (χ2v) is 4.73. The van der Waals surface area contributed by atoms with E-state index < -0.39 is 0 Å². The van der Waals surface area contributed by atoms with Crippen LogP contribution in [0.4, 0.5) is 0 Å². The Hall–Kier alpha value is -1.10. The van der Waals surface area contributed by atoms with E-state index >= 15 is 0 Å². The molecule has 0 aromatic heterocycles. The summed E-state index contributed by atoms with van der Waals surface area (Å²) in [4.78, 5) is 27.2. The molecular weight excluding hydrogens is 232 g/mol. The molecule has 1 atom stereocenters. The van der Waals surface area contributed by atoms with Gasteiger partial charge in [0.1, 0.15) is 0 Å². The van der Waals surface area contributed by atoms with Gasteiger partial charge in [-0.1, -0.05) is 0 Å². The van der Waals surface area contributed by atoms with Gasteiger partial charge in [-0.15, -0.1) is 0 Å². The molecule has 5 heteroatoms. The first-order valence-electron chi connectivity index (χ1n) is 6.71. The molecular formula is C13H24N2O3. The highest BCUT2D eigenvalue weighted by molar-refractivity contribution is 5.78. The topological polar surface area (TPSA) is 49.9 Å². The molecule has 18 heavy (non-hydrogen) atoms. The van der Waals surface area contributed by atoms with Crippen LogP contribution in [0.1, 0.15) is 26.7 Å². The van der Waals surface area contributed by atoms with Crippen LogP contribution >= 0.6 is 0 Å². The average molecular weight is 256 g/mol. The smallest absolute Gasteiger partial charge is 0.310 e. The van der Waals surface area contributed by atoms with Gasteiger partial charge in [-0.05, 0) is 33.2 Å². The first-order chi connectivity index (χ1) is 8.58. The molecule has 0 bridgehead atoms. The molecule has 0 spiro atoms. The van der Waals surface area contributed by atoms with Crippen molar-refractivity contribution in [3.05, 3.63) is 0 Å². The maximum absolute atomic E-state index is 11.8. The highest BCUT2D eigenvalue weighted by Crippen LogP contribution is 2.17. The molecule has 5 nitrogen and oxygen atoms in total. The molecule has 1 saturated heterocycles. The maximum Gasteiger partial charge on any atom is 0.310 e. The van der Waals surface area contributed by atoms with Gasteiger partial charge in [0.05, 0.1) is 19.1 Å². The van der Waals surface area contributed by atoms with Crippen molar-refractivity contribution < 1.29 is 14.3 Å². The van der Waals surface area contributed by atoms with Crippen molar-refractivity contribution in [3.8, 4) is 0 Å². The summed E-state index contributed by atoms with van der Waals surface area (Å²) in [6, 6.07) is 0. The van der Waals surface area contributed by atoms with Crippen molar-refractivity contribution in [2.24, 2.45) is 5.92 Å². The lowest BCUT2D eigenvalue weighted by Crippen LogP contribution is -2.45. The number of amides is 1. The van der Waals surface area contributed by atoms with Crippen LogP contribution in [0.2, 0.25) is 0 Å². The Bertz CT molecular complexity index is 294. The number of carbonyl (C=O) groups excluding carboxylic acids is 2. The first-order valence-corrected chi connectivity index (χ1v) is 6.71. The van der Waals surface area contributed by atoms with Crippen molar-refractivity contribution in [1.29, 1.82) is 0 Å². The van der Waals surface area contributed by atoms with Crippen LogP contribution in [0.5, 0.6) is 0 Å². The summed E-state index contributed by atoms with van der Waals surface area (Å²) in [5, 5.41) is 0. The van der Waals surface area contributed by atoms with E-state index in [1.165, 1.54) is 0 Å². The lowest BCUT2D eigenvalue weighted by molar-refractivity contribution is -0.150. The lowest BCUT2D eigenvalue weighted by atomic mass is 9.98. The second kappa shape index (κ2) is 7.36. The number of nitrogens with zero attached hydrogens (tertiary/aromatic N) is 2.